The van der Waals surface area contributed by atoms with E-state index in [0.29, 0.717) is 0 Å². The van der Waals surface area contributed by atoms with Crippen molar-refractivity contribution < 1.29 is 9.47 Å². The summed E-state index contributed by atoms with van der Waals surface area (Å²) in [5.41, 5.74) is 2.36. The second-order valence-electron chi connectivity index (χ2n) is 4.66. The van der Waals surface area contributed by atoms with E-state index in [1.165, 1.54) is 15.6 Å². The lowest BCUT2D eigenvalue weighted by Crippen LogP contribution is -1.97. The molecule has 0 radical (unpaired) electrons. The maximum Gasteiger partial charge on any atom is 0.127 e. The molecule has 0 saturated carbocycles. The maximum atomic E-state index is 5.51. The van der Waals surface area contributed by atoms with Crippen molar-refractivity contribution in [1.82, 2.24) is 0 Å². The van der Waals surface area contributed by atoms with Gasteiger partial charge in [0.2, 0.25) is 0 Å². The van der Waals surface area contributed by atoms with Crippen LogP contribution in [-0.4, -0.2) is 14.2 Å². The van der Waals surface area contributed by atoms with E-state index < -0.39 is 0 Å². The van der Waals surface area contributed by atoms with Crippen molar-refractivity contribution in [2.45, 2.75) is 4.83 Å². The van der Waals surface area contributed by atoms with Gasteiger partial charge in [-0.05, 0) is 28.5 Å². The highest BCUT2D eigenvalue weighted by molar-refractivity contribution is 9.09. The van der Waals surface area contributed by atoms with Crippen LogP contribution in [0.1, 0.15) is 16.0 Å². The Balaban J connectivity index is 2.07. The Labute approximate surface area is 136 Å². The summed E-state index contributed by atoms with van der Waals surface area (Å²) in [6, 6.07) is 14.4. The molecule has 3 rings (SSSR count). The van der Waals surface area contributed by atoms with Gasteiger partial charge < -0.3 is 9.47 Å². The highest BCUT2D eigenvalue weighted by Gasteiger charge is 2.19. The highest BCUT2D eigenvalue weighted by atomic mass is 79.9. The molecule has 2 nitrogen and oxygen atoms in total. The van der Waals surface area contributed by atoms with Crippen LogP contribution in [0.4, 0.5) is 0 Å². The zero-order valence-electron chi connectivity index (χ0n) is 11.8. The number of hydrogen-bond acceptors (Lipinski definition) is 3. The molecule has 1 heterocycles. The van der Waals surface area contributed by atoms with E-state index in [1.807, 2.05) is 18.2 Å². The van der Waals surface area contributed by atoms with Gasteiger partial charge in [0.15, 0.2) is 0 Å². The Bertz CT molecular complexity index is 766. The third kappa shape index (κ3) is 2.65. The standard InChI is InChI=1S/C17H15BrO2S/c1-19-11-7-8-13(15(9-11)20-2)17(18)14-10-21-16-6-4-3-5-12(14)16/h3-10,17H,1-2H3. The first-order valence-electron chi connectivity index (χ1n) is 6.56. The predicted octanol–water partition coefficient (Wildman–Crippen LogP) is 5.40. The largest absolute Gasteiger partial charge is 0.497 e. The van der Waals surface area contributed by atoms with E-state index in [-0.39, 0.29) is 4.83 Å². The van der Waals surface area contributed by atoms with Crippen LogP contribution in [0.25, 0.3) is 10.1 Å². The highest BCUT2D eigenvalue weighted by Crippen LogP contribution is 2.42. The third-order valence-corrected chi connectivity index (χ3v) is 5.47. The molecule has 108 valence electrons. The lowest BCUT2D eigenvalue weighted by atomic mass is 10.0. The van der Waals surface area contributed by atoms with Gasteiger partial charge in [-0.1, -0.05) is 40.2 Å². The predicted molar refractivity (Wildman–Crippen MR) is 92.1 cm³/mol. The number of hydrogen-bond donors (Lipinski definition) is 0. The van der Waals surface area contributed by atoms with Crippen molar-refractivity contribution in [2.24, 2.45) is 0 Å². The van der Waals surface area contributed by atoms with Gasteiger partial charge in [0, 0.05) is 16.3 Å². The van der Waals surface area contributed by atoms with Crippen molar-refractivity contribution >= 4 is 37.4 Å². The molecular weight excluding hydrogens is 348 g/mol. The molecule has 0 spiro atoms. The summed E-state index contributed by atoms with van der Waals surface area (Å²) in [7, 11) is 3.34. The molecule has 0 fully saturated rings. The Morgan fingerprint density at radius 2 is 1.81 bits per heavy atom. The van der Waals surface area contributed by atoms with E-state index in [1.54, 1.807) is 25.6 Å². The van der Waals surface area contributed by atoms with E-state index >= 15 is 0 Å². The molecule has 4 heteroatoms. The molecular formula is C17H15BrO2S. The van der Waals surface area contributed by atoms with Crippen molar-refractivity contribution in [3.05, 3.63) is 59.0 Å². The SMILES string of the molecule is COc1ccc(C(Br)c2csc3ccccc23)c(OC)c1. The Morgan fingerprint density at radius 3 is 2.57 bits per heavy atom. The molecule has 0 bridgehead atoms. The summed E-state index contributed by atoms with van der Waals surface area (Å²) in [5.74, 6) is 1.62. The van der Waals surface area contributed by atoms with Crippen LogP contribution >= 0.6 is 27.3 Å². The molecule has 21 heavy (non-hydrogen) atoms. The molecule has 0 aliphatic rings. The van der Waals surface area contributed by atoms with Crippen molar-refractivity contribution in [3.8, 4) is 11.5 Å². The number of fused-ring (bicyclic) bond motifs is 1. The van der Waals surface area contributed by atoms with Crippen molar-refractivity contribution in [2.75, 3.05) is 14.2 Å². The summed E-state index contributed by atoms with van der Waals surface area (Å²) in [6.45, 7) is 0. The first-order valence-corrected chi connectivity index (χ1v) is 8.36. The van der Waals surface area contributed by atoms with Crippen LogP contribution in [0.2, 0.25) is 0 Å². The molecule has 0 aliphatic carbocycles. The molecule has 3 aromatic rings. The Morgan fingerprint density at radius 1 is 1.00 bits per heavy atom. The average Bonchev–Trinajstić information content (AvgIpc) is 2.97. The van der Waals surface area contributed by atoms with Gasteiger partial charge >= 0.3 is 0 Å². The van der Waals surface area contributed by atoms with E-state index in [0.717, 1.165) is 17.1 Å². The lowest BCUT2D eigenvalue weighted by Gasteiger charge is -2.15. The molecule has 0 aliphatic heterocycles. The number of methoxy groups -OCH3 is 2. The minimum Gasteiger partial charge on any atom is -0.497 e. The van der Waals surface area contributed by atoms with Gasteiger partial charge in [0.25, 0.3) is 0 Å². The van der Waals surface area contributed by atoms with Gasteiger partial charge in [0.1, 0.15) is 11.5 Å². The topological polar surface area (TPSA) is 18.5 Å². The van der Waals surface area contributed by atoms with Crippen LogP contribution in [0.15, 0.2) is 47.8 Å². The summed E-state index contributed by atoms with van der Waals surface area (Å²) >= 11 is 5.58. The zero-order chi connectivity index (χ0) is 14.8. The first kappa shape index (κ1) is 14.4. The molecule has 2 aromatic carbocycles. The van der Waals surface area contributed by atoms with Crippen LogP contribution in [-0.2, 0) is 0 Å². The fourth-order valence-electron chi connectivity index (χ4n) is 2.39. The van der Waals surface area contributed by atoms with Crippen molar-refractivity contribution in [1.29, 1.82) is 0 Å². The third-order valence-electron chi connectivity index (χ3n) is 3.50. The minimum atomic E-state index is 0.0921. The van der Waals surface area contributed by atoms with Crippen LogP contribution in [0.3, 0.4) is 0 Å². The van der Waals surface area contributed by atoms with Gasteiger partial charge in [-0.2, -0.15) is 0 Å². The molecule has 1 unspecified atom stereocenters. The molecule has 1 atom stereocenters. The van der Waals surface area contributed by atoms with Gasteiger partial charge in [-0.15, -0.1) is 11.3 Å². The zero-order valence-corrected chi connectivity index (χ0v) is 14.2. The minimum absolute atomic E-state index is 0.0921. The number of rotatable bonds is 4. The van der Waals surface area contributed by atoms with E-state index in [2.05, 4.69) is 45.6 Å². The lowest BCUT2D eigenvalue weighted by molar-refractivity contribution is 0.391. The van der Waals surface area contributed by atoms with E-state index in [4.69, 9.17) is 9.47 Å². The average molecular weight is 363 g/mol. The quantitative estimate of drug-likeness (QED) is 0.578. The van der Waals surface area contributed by atoms with Gasteiger partial charge in [0.05, 0.1) is 19.0 Å². The number of halogens is 1. The summed E-state index contributed by atoms with van der Waals surface area (Å²) in [5, 5.41) is 3.48. The summed E-state index contributed by atoms with van der Waals surface area (Å²) in [4.78, 5) is 0.0921. The van der Waals surface area contributed by atoms with Crippen LogP contribution in [0.5, 0.6) is 11.5 Å². The van der Waals surface area contributed by atoms with Gasteiger partial charge in [-0.25, -0.2) is 0 Å². The van der Waals surface area contributed by atoms with Crippen LogP contribution < -0.4 is 9.47 Å². The fourth-order valence-corrected chi connectivity index (χ4v) is 4.31. The Kier molecular flexibility index (Phi) is 4.17. The Hall–Kier alpha value is -1.52. The summed E-state index contributed by atoms with van der Waals surface area (Å²) in [6.07, 6.45) is 0. The number of ether oxygens (including phenoxy) is 2. The van der Waals surface area contributed by atoms with Crippen molar-refractivity contribution in [3.63, 3.8) is 0 Å². The molecule has 1 aromatic heterocycles. The number of benzene rings is 2. The smallest absolute Gasteiger partial charge is 0.127 e. The van der Waals surface area contributed by atoms with Gasteiger partial charge in [-0.3, -0.25) is 0 Å². The molecule has 0 amide bonds. The number of thiophene rings is 1. The monoisotopic (exact) mass is 362 g/mol. The second-order valence-corrected chi connectivity index (χ2v) is 6.48. The number of alkyl halides is 1. The summed E-state index contributed by atoms with van der Waals surface area (Å²) < 4.78 is 12.1. The second kappa shape index (κ2) is 6.08. The van der Waals surface area contributed by atoms with Crippen LogP contribution in [0, 0.1) is 0 Å². The normalized spacial score (nSPS) is 12.3. The fraction of sp³-hybridized carbons (Fsp3) is 0.176. The first-order chi connectivity index (χ1) is 10.2. The van der Waals surface area contributed by atoms with E-state index in [9.17, 15) is 0 Å². The molecule has 0 N–H and O–H groups in total. The maximum absolute atomic E-state index is 5.51. The molecule has 0 saturated heterocycles.